The highest BCUT2D eigenvalue weighted by molar-refractivity contribution is 9.10. The molecule has 19 heavy (non-hydrogen) atoms. The van der Waals surface area contributed by atoms with Crippen molar-refractivity contribution in [1.29, 1.82) is 0 Å². The predicted molar refractivity (Wildman–Crippen MR) is 76.6 cm³/mol. The first-order chi connectivity index (χ1) is 8.91. The van der Waals surface area contributed by atoms with Crippen LogP contribution in [0.5, 0.6) is 0 Å². The van der Waals surface area contributed by atoms with Crippen LogP contribution in [0, 0.1) is 6.92 Å². The maximum atomic E-state index is 12.0. The van der Waals surface area contributed by atoms with Crippen LogP contribution in [0.3, 0.4) is 0 Å². The fraction of sp³-hybridized carbons (Fsp3) is 0.462. The van der Waals surface area contributed by atoms with Gasteiger partial charge in [0.1, 0.15) is 5.60 Å². The van der Waals surface area contributed by atoms with Crippen molar-refractivity contribution in [2.75, 3.05) is 19.8 Å². The van der Waals surface area contributed by atoms with Gasteiger partial charge in [-0.2, -0.15) is 0 Å². The summed E-state index contributed by atoms with van der Waals surface area (Å²) in [5.41, 5.74) is 0.415. The molecule has 104 valence electrons. The van der Waals surface area contributed by atoms with E-state index in [0.29, 0.717) is 23.6 Å². The van der Waals surface area contributed by atoms with Gasteiger partial charge < -0.3 is 15.2 Å². The monoisotopic (exact) mass is 347 g/mol. The third kappa shape index (κ3) is 3.48. The van der Waals surface area contributed by atoms with E-state index in [1.807, 2.05) is 6.92 Å². The van der Waals surface area contributed by atoms with E-state index in [2.05, 4.69) is 21.2 Å². The lowest BCUT2D eigenvalue weighted by molar-refractivity contribution is 0.0264. The lowest BCUT2D eigenvalue weighted by atomic mass is 10.0. The Balaban J connectivity index is 2.04. The summed E-state index contributed by atoms with van der Waals surface area (Å²) in [6.45, 7) is 2.83. The van der Waals surface area contributed by atoms with Gasteiger partial charge in [0.05, 0.1) is 11.6 Å². The first-order valence-electron chi connectivity index (χ1n) is 5.95. The van der Waals surface area contributed by atoms with Crippen LogP contribution < -0.4 is 5.32 Å². The summed E-state index contributed by atoms with van der Waals surface area (Å²) in [6.07, 6.45) is 0.535. The molecule has 2 N–H and O–H groups in total. The quantitative estimate of drug-likeness (QED) is 0.881. The molecule has 1 aliphatic heterocycles. The van der Waals surface area contributed by atoms with Crippen LogP contribution in [-0.4, -0.2) is 36.4 Å². The summed E-state index contributed by atoms with van der Waals surface area (Å²) in [5.74, 6) is -0.252. The lowest BCUT2D eigenvalue weighted by Gasteiger charge is -2.20. The fourth-order valence-electron chi connectivity index (χ4n) is 1.94. The van der Waals surface area contributed by atoms with Crippen LogP contribution in [0.4, 0.5) is 0 Å². The molecule has 1 atom stereocenters. The zero-order valence-corrected chi connectivity index (χ0v) is 12.8. The van der Waals surface area contributed by atoms with Gasteiger partial charge in [-0.15, -0.1) is 0 Å². The number of amides is 1. The first-order valence-corrected chi connectivity index (χ1v) is 7.12. The second-order valence-corrected chi connectivity index (χ2v) is 6.00. The molecule has 6 heteroatoms. The van der Waals surface area contributed by atoms with Gasteiger partial charge in [-0.1, -0.05) is 11.6 Å². The molecule has 1 fully saturated rings. The van der Waals surface area contributed by atoms with Gasteiger partial charge >= 0.3 is 0 Å². The Kier molecular flexibility index (Phi) is 4.50. The number of aliphatic hydroxyl groups is 1. The summed E-state index contributed by atoms with van der Waals surface area (Å²) in [4.78, 5) is 12.0. The van der Waals surface area contributed by atoms with Crippen molar-refractivity contribution in [3.8, 4) is 0 Å². The van der Waals surface area contributed by atoms with E-state index >= 15 is 0 Å². The SMILES string of the molecule is Cc1cc(C(=O)NC[C@]2(O)CCOC2)cc(Cl)c1Br. The Bertz CT molecular complexity index is 478. The minimum atomic E-state index is -0.955. The molecule has 1 aromatic rings. The standard InChI is InChI=1S/C13H15BrClNO3/c1-8-4-9(5-10(15)11(8)14)12(17)16-6-13(18)2-3-19-7-13/h4-5,18H,2-3,6-7H2,1H3,(H,16,17)/t13-/m1/s1. The Labute approximate surface area is 125 Å². The molecular weight excluding hydrogens is 334 g/mol. The number of ether oxygens (including phenoxy) is 1. The molecule has 4 nitrogen and oxygen atoms in total. The Hall–Kier alpha value is -0.620. The summed E-state index contributed by atoms with van der Waals surface area (Å²) < 4.78 is 5.91. The minimum absolute atomic E-state index is 0.179. The molecule has 0 spiro atoms. The number of aryl methyl sites for hydroxylation is 1. The zero-order valence-electron chi connectivity index (χ0n) is 10.5. The lowest BCUT2D eigenvalue weighted by Crippen LogP contribution is -2.43. The number of carbonyl (C=O) groups is 1. The van der Waals surface area contributed by atoms with E-state index in [9.17, 15) is 9.90 Å². The highest BCUT2D eigenvalue weighted by Gasteiger charge is 2.32. The van der Waals surface area contributed by atoms with Gasteiger partial charge in [-0.3, -0.25) is 4.79 Å². The first kappa shape index (κ1) is 14.8. The number of benzene rings is 1. The van der Waals surface area contributed by atoms with E-state index in [4.69, 9.17) is 16.3 Å². The second-order valence-electron chi connectivity index (χ2n) is 4.80. The highest BCUT2D eigenvalue weighted by atomic mass is 79.9. The van der Waals surface area contributed by atoms with E-state index in [-0.39, 0.29) is 19.1 Å². The molecule has 0 bridgehead atoms. The van der Waals surface area contributed by atoms with Crippen LogP contribution in [0.2, 0.25) is 5.02 Å². The van der Waals surface area contributed by atoms with Crippen molar-refractivity contribution >= 4 is 33.4 Å². The van der Waals surface area contributed by atoms with Crippen molar-refractivity contribution in [1.82, 2.24) is 5.32 Å². The molecule has 0 unspecified atom stereocenters. The number of carbonyl (C=O) groups excluding carboxylic acids is 1. The van der Waals surface area contributed by atoms with Gasteiger partial charge in [0.15, 0.2) is 0 Å². The van der Waals surface area contributed by atoms with Crippen LogP contribution in [0.25, 0.3) is 0 Å². The summed E-state index contributed by atoms with van der Waals surface area (Å²) >= 11 is 9.37. The predicted octanol–water partition coefficient (Wildman–Crippen LogP) is 2.29. The molecule has 0 aliphatic carbocycles. The molecule has 1 heterocycles. The molecule has 1 saturated heterocycles. The van der Waals surface area contributed by atoms with Crippen molar-refractivity contribution in [3.05, 3.63) is 32.8 Å². The van der Waals surface area contributed by atoms with Crippen molar-refractivity contribution in [2.45, 2.75) is 18.9 Å². The average molecular weight is 349 g/mol. The number of nitrogens with one attached hydrogen (secondary N) is 1. The van der Waals surface area contributed by atoms with Crippen molar-refractivity contribution < 1.29 is 14.6 Å². The zero-order chi connectivity index (χ0) is 14.0. The van der Waals surface area contributed by atoms with Gasteiger partial charge in [0.25, 0.3) is 5.91 Å². The molecule has 1 amide bonds. The summed E-state index contributed by atoms with van der Waals surface area (Å²) in [6, 6.07) is 3.35. The van der Waals surface area contributed by atoms with E-state index in [0.717, 1.165) is 10.0 Å². The molecule has 1 aliphatic rings. The van der Waals surface area contributed by atoms with Crippen LogP contribution in [0.1, 0.15) is 22.3 Å². The molecule has 0 aromatic heterocycles. The number of hydrogen-bond acceptors (Lipinski definition) is 3. The van der Waals surface area contributed by atoms with Crippen LogP contribution in [0.15, 0.2) is 16.6 Å². The number of rotatable bonds is 3. The normalized spacial score (nSPS) is 22.5. The van der Waals surface area contributed by atoms with Gasteiger partial charge in [-0.05, 0) is 40.5 Å². The number of hydrogen-bond donors (Lipinski definition) is 2. The van der Waals surface area contributed by atoms with Gasteiger partial charge in [-0.25, -0.2) is 0 Å². The summed E-state index contributed by atoms with van der Waals surface area (Å²) in [5, 5.41) is 13.3. The molecule has 1 aromatic carbocycles. The third-order valence-corrected chi connectivity index (χ3v) is 4.71. The van der Waals surface area contributed by atoms with Crippen LogP contribution in [-0.2, 0) is 4.74 Å². The molecular formula is C13H15BrClNO3. The summed E-state index contributed by atoms with van der Waals surface area (Å²) in [7, 11) is 0. The van der Waals surface area contributed by atoms with Crippen LogP contribution >= 0.6 is 27.5 Å². The van der Waals surface area contributed by atoms with Gasteiger partial charge in [0.2, 0.25) is 0 Å². The average Bonchev–Trinajstić information content (AvgIpc) is 2.80. The van der Waals surface area contributed by atoms with Crippen molar-refractivity contribution in [3.63, 3.8) is 0 Å². The van der Waals surface area contributed by atoms with Crippen molar-refractivity contribution in [2.24, 2.45) is 0 Å². The van der Waals surface area contributed by atoms with E-state index in [1.54, 1.807) is 12.1 Å². The smallest absolute Gasteiger partial charge is 0.251 e. The molecule has 0 radical (unpaired) electrons. The number of halogens is 2. The highest BCUT2D eigenvalue weighted by Crippen LogP contribution is 2.27. The minimum Gasteiger partial charge on any atom is -0.386 e. The second kappa shape index (κ2) is 5.79. The van der Waals surface area contributed by atoms with E-state index in [1.165, 1.54) is 0 Å². The third-order valence-electron chi connectivity index (χ3n) is 3.13. The Morgan fingerprint density at radius 1 is 1.63 bits per heavy atom. The van der Waals surface area contributed by atoms with Gasteiger partial charge in [0, 0.05) is 29.6 Å². The Morgan fingerprint density at radius 2 is 2.37 bits per heavy atom. The maximum Gasteiger partial charge on any atom is 0.251 e. The molecule has 0 saturated carbocycles. The Morgan fingerprint density at radius 3 is 2.95 bits per heavy atom. The maximum absolute atomic E-state index is 12.0. The fourth-order valence-corrected chi connectivity index (χ4v) is 2.44. The topological polar surface area (TPSA) is 58.6 Å². The molecule has 2 rings (SSSR count). The largest absolute Gasteiger partial charge is 0.386 e. The van der Waals surface area contributed by atoms with E-state index < -0.39 is 5.60 Å².